The number of piperidine rings is 1. The summed E-state index contributed by atoms with van der Waals surface area (Å²) in [7, 11) is 5.18. The molecule has 3 heterocycles. The molecule has 0 spiro atoms. The molecule has 13 heteroatoms. The number of carbonyl (C=O) groups excluding carboxylic acids is 1. The average Bonchev–Trinajstić information content (AvgIpc) is 3.19. The maximum Gasteiger partial charge on any atom is 0.368 e. The Bertz CT molecular complexity index is 1430. The minimum atomic E-state index is -0.550. The summed E-state index contributed by atoms with van der Waals surface area (Å²) in [6.45, 7) is 10.5. The third-order valence-corrected chi connectivity index (χ3v) is 7.72. The van der Waals surface area contributed by atoms with Gasteiger partial charge in [0.2, 0.25) is 11.9 Å². The van der Waals surface area contributed by atoms with Gasteiger partial charge in [-0.15, -0.1) is 0 Å². The number of aryl methyl sites for hydroxylation is 1. The van der Waals surface area contributed by atoms with Crippen molar-refractivity contribution in [2.45, 2.75) is 71.0 Å². The molecule has 0 unspecified atom stereocenters. The molecule has 1 aliphatic rings. The highest BCUT2D eigenvalue weighted by atomic mass is 19.1. The molecular weight excluding hydrogens is 503 g/mol. The summed E-state index contributed by atoms with van der Waals surface area (Å²) in [5.41, 5.74) is 1.72. The van der Waals surface area contributed by atoms with Crippen molar-refractivity contribution in [3.05, 3.63) is 45.8 Å². The number of amides is 1. The number of halogens is 1. The molecule has 0 aliphatic carbocycles. The van der Waals surface area contributed by atoms with Gasteiger partial charge in [-0.3, -0.25) is 9.69 Å². The van der Waals surface area contributed by atoms with E-state index >= 15 is 0 Å². The molecule has 1 fully saturated rings. The number of likely N-dealkylation sites (N-methyl/N-ethyl adjacent to an activating group) is 1. The number of tetrazole rings is 1. The van der Waals surface area contributed by atoms with E-state index in [4.69, 9.17) is 0 Å². The third-order valence-electron chi connectivity index (χ3n) is 7.72. The third kappa shape index (κ3) is 5.77. The van der Waals surface area contributed by atoms with Crippen LogP contribution in [-0.2, 0) is 18.3 Å². The first-order valence-electron chi connectivity index (χ1n) is 12.9. The molecule has 39 heavy (non-hydrogen) atoms. The van der Waals surface area contributed by atoms with Crippen molar-refractivity contribution >= 4 is 23.4 Å². The van der Waals surface area contributed by atoms with E-state index in [0.29, 0.717) is 22.5 Å². The molecule has 1 aromatic carbocycles. The first-order valence-corrected chi connectivity index (χ1v) is 12.9. The standard InChI is InChI=1S/C26H37FN10O2/c1-15-16(10-21(38)28-6)9-17(11-20(15)37-24(39)35(7)33-34-37)31-23-29-14-19(27)22(32-23)30-18-12-25(2,3)36(8)26(4,5)13-18/h9,11,14,18H,10,12-13H2,1-8H3,(H,28,38)(H2,29,30,31,32). The fourth-order valence-corrected chi connectivity index (χ4v) is 5.28. The van der Waals surface area contributed by atoms with E-state index < -0.39 is 11.5 Å². The first-order chi connectivity index (χ1) is 18.2. The van der Waals surface area contributed by atoms with Crippen LogP contribution in [0, 0.1) is 12.7 Å². The second kappa shape index (κ2) is 10.4. The fraction of sp³-hybridized carbons (Fsp3) is 0.538. The molecule has 2 aromatic heterocycles. The number of aromatic nitrogens is 6. The second-order valence-electron chi connectivity index (χ2n) is 11.4. The predicted molar refractivity (Wildman–Crippen MR) is 147 cm³/mol. The molecule has 4 rings (SSSR count). The molecule has 210 valence electrons. The number of benzene rings is 1. The Balaban J connectivity index is 1.66. The van der Waals surface area contributed by atoms with Crippen molar-refractivity contribution in [2.75, 3.05) is 24.7 Å². The lowest BCUT2D eigenvalue weighted by Crippen LogP contribution is -2.61. The molecule has 0 radical (unpaired) electrons. The Hall–Kier alpha value is -3.87. The molecule has 3 aromatic rings. The van der Waals surface area contributed by atoms with Crippen LogP contribution in [0.1, 0.15) is 51.7 Å². The summed E-state index contributed by atoms with van der Waals surface area (Å²) in [5, 5.41) is 16.8. The van der Waals surface area contributed by atoms with E-state index in [1.165, 1.54) is 7.05 Å². The van der Waals surface area contributed by atoms with E-state index in [-0.39, 0.29) is 41.2 Å². The predicted octanol–water partition coefficient (Wildman–Crippen LogP) is 2.30. The van der Waals surface area contributed by atoms with Gasteiger partial charge in [0.1, 0.15) is 0 Å². The Morgan fingerprint density at radius 3 is 2.38 bits per heavy atom. The second-order valence-corrected chi connectivity index (χ2v) is 11.4. The van der Waals surface area contributed by atoms with Gasteiger partial charge in [-0.2, -0.15) is 14.3 Å². The van der Waals surface area contributed by atoms with E-state index in [2.05, 4.69) is 76.0 Å². The number of anilines is 3. The molecule has 1 amide bonds. The van der Waals surface area contributed by atoms with E-state index in [9.17, 15) is 14.0 Å². The van der Waals surface area contributed by atoms with Crippen LogP contribution in [0.4, 0.5) is 21.8 Å². The van der Waals surface area contributed by atoms with Crippen LogP contribution in [0.15, 0.2) is 23.1 Å². The van der Waals surface area contributed by atoms with Crippen molar-refractivity contribution in [1.29, 1.82) is 0 Å². The maximum absolute atomic E-state index is 14.8. The minimum absolute atomic E-state index is 0.0112. The first kappa shape index (κ1) is 28.1. The van der Waals surface area contributed by atoms with Gasteiger partial charge in [0.15, 0.2) is 11.6 Å². The Morgan fingerprint density at radius 2 is 1.79 bits per heavy atom. The monoisotopic (exact) mass is 540 g/mol. The molecule has 1 aliphatic heterocycles. The van der Waals surface area contributed by atoms with Crippen LogP contribution in [0.25, 0.3) is 5.69 Å². The SMILES string of the molecule is CNC(=O)Cc1cc(Nc2ncc(F)c(NC3CC(C)(C)N(C)C(C)(C)C3)n2)cc(-n2nnn(C)c2=O)c1C. The summed E-state index contributed by atoms with van der Waals surface area (Å²) in [5.74, 6) is -0.471. The van der Waals surface area contributed by atoms with Crippen molar-refractivity contribution in [1.82, 2.24) is 40.0 Å². The normalized spacial score (nSPS) is 17.2. The van der Waals surface area contributed by atoms with E-state index in [0.717, 1.165) is 28.4 Å². The fourth-order valence-electron chi connectivity index (χ4n) is 5.28. The van der Waals surface area contributed by atoms with Gasteiger partial charge in [-0.1, -0.05) is 0 Å². The average molecular weight is 541 g/mol. The lowest BCUT2D eigenvalue weighted by molar-refractivity contribution is -0.119. The van der Waals surface area contributed by atoms with E-state index in [1.807, 2.05) is 0 Å². The van der Waals surface area contributed by atoms with Crippen LogP contribution in [0.2, 0.25) is 0 Å². The van der Waals surface area contributed by atoms with Crippen LogP contribution >= 0.6 is 0 Å². The van der Waals surface area contributed by atoms with Gasteiger partial charge >= 0.3 is 5.69 Å². The molecule has 0 atom stereocenters. The van der Waals surface area contributed by atoms with Crippen LogP contribution in [-0.4, -0.2) is 71.8 Å². The highest BCUT2D eigenvalue weighted by Crippen LogP contribution is 2.38. The Labute approximate surface area is 227 Å². The van der Waals surface area contributed by atoms with Crippen LogP contribution in [0.3, 0.4) is 0 Å². The Kier molecular flexibility index (Phi) is 7.48. The quantitative estimate of drug-likeness (QED) is 0.413. The number of nitrogens with one attached hydrogen (secondary N) is 3. The molecule has 12 nitrogen and oxygen atoms in total. The summed E-state index contributed by atoms with van der Waals surface area (Å²) < 4.78 is 17.1. The summed E-state index contributed by atoms with van der Waals surface area (Å²) in [6, 6.07) is 3.48. The van der Waals surface area contributed by atoms with Crippen molar-refractivity contribution in [3.63, 3.8) is 0 Å². The van der Waals surface area contributed by atoms with Gasteiger partial charge in [-0.25, -0.2) is 14.2 Å². The van der Waals surface area contributed by atoms with Crippen LogP contribution in [0.5, 0.6) is 0 Å². The smallest absolute Gasteiger partial charge is 0.365 e. The molecule has 3 N–H and O–H groups in total. The summed E-state index contributed by atoms with van der Waals surface area (Å²) >= 11 is 0. The molecular formula is C26H37FN10O2. The number of hydrogen-bond donors (Lipinski definition) is 3. The lowest BCUT2D eigenvalue weighted by Gasteiger charge is -2.53. The van der Waals surface area contributed by atoms with Gasteiger partial charge in [0, 0.05) is 36.9 Å². The Morgan fingerprint density at radius 1 is 1.13 bits per heavy atom. The van der Waals surface area contributed by atoms with Gasteiger partial charge < -0.3 is 16.0 Å². The highest BCUT2D eigenvalue weighted by Gasteiger charge is 2.43. The van der Waals surface area contributed by atoms with E-state index in [1.54, 1.807) is 26.1 Å². The summed E-state index contributed by atoms with van der Waals surface area (Å²) in [6.07, 6.45) is 2.83. The number of likely N-dealkylation sites (tertiary alicyclic amines) is 1. The number of nitrogens with zero attached hydrogens (tertiary/aromatic N) is 7. The zero-order valence-electron chi connectivity index (χ0n) is 23.8. The zero-order chi connectivity index (χ0) is 28.7. The topological polar surface area (TPSA) is 135 Å². The molecule has 0 bridgehead atoms. The van der Waals surface area contributed by atoms with Crippen molar-refractivity contribution in [2.24, 2.45) is 7.05 Å². The largest absolute Gasteiger partial charge is 0.368 e. The lowest BCUT2D eigenvalue weighted by atomic mass is 9.77. The molecule has 1 saturated heterocycles. The number of hydrogen-bond acceptors (Lipinski definition) is 9. The van der Waals surface area contributed by atoms with Crippen molar-refractivity contribution in [3.8, 4) is 5.69 Å². The minimum Gasteiger partial charge on any atom is -0.365 e. The number of carbonyl (C=O) groups is 1. The van der Waals surface area contributed by atoms with Gasteiger partial charge in [0.25, 0.3) is 0 Å². The van der Waals surface area contributed by atoms with Gasteiger partial charge in [0.05, 0.1) is 18.3 Å². The zero-order valence-corrected chi connectivity index (χ0v) is 23.8. The van der Waals surface area contributed by atoms with Gasteiger partial charge in [-0.05, 0) is 88.2 Å². The summed E-state index contributed by atoms with van der Waals surface area (Å²) in [4.78, 5) is 35.7. The number of rotatable bonds is 7. The maximum atomic E-state index is 14.8. The van der Waals surface area contributed by atoms with Crippen molar-refractivity contribution < 1.29 is 9.18 Å². The molecule has 0 saturated carbocycles. The highest BCUT2D eigenvalue weighted by molar-refractivity contribution is 5.80. The van der Waals surface area contributed by atoms with Crippen LogP contribution < -0.4 is 21.6 Å².